The normalized spacial score (nSPS) is 23.2. The fourth-order valence-electron chi connectivity index (χ4n) is 2.78. The second-order valence-corrected chi connectivity index (χ2v) is 5.96. The summed E-state index contributed by atoms with van der Waals surface area (Å²) in [7, 11) is 0. The third kappa shape index (κ3) is 3.54. The number of carbonyl (C=O) groups is 1. The maximum atomic E-state index is 10.5. The van der Waals surface area contributed by atoms with Crippen molar-refractivity contribution in [3.8, 4) is 0 Å². The lowest BCUT2D eigenvalue weighted by molar-refractivity contribution is -0.131. The van der Waals surface area contributed by atoms with Crippen LogP contribution in [0.5, 0.6) is 0 Å². The monoisotopic (exact) mass is 293 g/mol. The number of nitrogens with zero attached hydrogens (tertiary/aromatic N) is 1. The van der Waals surface area contributed by atoms with E-state index in [0.29, 0.717) is 11.1 Å². The molecule has 4 heteroatoms. The summed E-state index contributed by atoms with van der Waals surface area (Å²) < 4.78 is 0. The molecular formula is C16H20ClNO2. The molecule has 1 saturated heterocycles. The molecule has 1 N–H and O–H groups in total. The number of anilines is 1. The van der Waals surface area contributed by atoms with Gasteiger partial charge in [-0.15, -0.1) is 0 Å². The van der Waals surface area contributed by atoms with Crippen LogP contribution in [0.25, 0.3) is 6.08 Å². The first-order valence-electron chi connectivity index (χ1n) is 6.94. The number of hydrogen-bond donors (Lipinski definition) is 1. The first kappa shape index (κ1) is 14.9. The van der Waals surface area contributed by atoms with E-state index in [-0.39, 0.29) is 0 Å². The van der Waals surface area contributed by atoms with Gasteiger partial charge in [-0.25, -0.2) is 4.79 Å². The van der Waals surface area contributed by atoms with Gasteiger partial charge in [0.25, 0.3) is 0 Å². The minimum atomic E-state index is -0.969. The molecule has 2 atom stereocenters. The minimum Gasteiger partial charge on any atom is -0.478 e. The van der Waals surface area contributed by atoms with E-state index in [1.165, 1.54) is 18.9 Å². The second-order valence-electron chi connectivity index (χ2n) is 5.55. The quantitative estimate of drug-likeness (QED) is 0.854. The van der Waals surface area contributed by atoms with E-state index < -0.39 is 5.97 Å². The molecule has 0 spiro atoms. The summed E-state index contributed by atoms with van der Waals surface area (Å²) in [5, 5.41) is 9.23. The van der Waals surface area contributed by atoms with Crippen molar-refractivity contribution in [2.75, 3.05) is 11.4 Å². The van der Waals surface area contributed by atoms with Crippen LogP contribution in [0.4, 0.5) is 5.69 Å². The Labute approximate surface area is 124 Å². The van der Waals surface area contributed by atoms with Crippen molar-refractivity contribution in [3.63, 3.8) is 0 Å². The van der Waals surface area contributed by atoms with Crippen molar-refractivity contribution in [3.05, 3.63) is 34.9 Å². The molecule has 3 nitrogen and oxygen atoms in total. The predicted octanol–water partition coefficient (Wildman–Crippen LogP) is 4.06. The van der Waals surface area contributed by atoms with Gasteiger partial charge in [0, 0.05) is 29.4 Å². The van der Waals surface area contributed by atoms with Gasteiger partial charge in [-0.3, -0.25) is 0 Å². The summed E-state index contributed by atoms with van der Waals surface area (Å²) in [5.74, 6) is -0.196. The zero-order valence-electron chi connectivity index (χ0n) is 11.8. The van der Waals surface area contributed by atoms with E-state index in [0.717, 1.165) is 29.8 Å². The third-order valence-electron chi connectivity index (χ3n) is 3.86. The molecule has 0 saturated carbocycles. The minimum absolute atomic E-state index is 0.509. The van der Waals surface area contributed by atoms with Crippen LogP contribution in [0, 0.1) is 5.92 Å². The zero-order chi connectivity index (χ0) is 14.7. The summed E-state index contributed by atoms with van der Waals surface area (Å²) in [6.07, 6.45) is 5.02. The molecule has 0 amide bonds. The van der Waals surface area contributed by atoms with Gasteiger partial charge in [0.1, 0.15) is 0 Å². The smallest absolute Gasteiger partial charge is 0.328 e. The zero-order valence-corrected chi connectivity index (χ0v) is 12.6. The molecule has 1 heterocycles. The number of rotatable bonds is 3. The van der Waals surface area contributed by atoms with Crippen LogP contribution in [0.3, 0.4) is 0 Å². The van der Waals surface area contributed by atoms with Crippen molar-refractivity contribution in [2.24, 2.45) is 5.92 Å². The number of hydrogen-bond acceptors (Lipinski definition) is 2. The number of benzene rings is 1. The highest BCUT2D eigenvalue weighted by Crippen LogP contribution is 2.31. The lowest BCUT2D eigenvalue weighted by atomic mass is 9.93. The number of carboxylic acid groups (broad SMARTS) is 1. The molecule has 1 fully saturated rings. The Hall–Kier alpha value is -1.48. The van der Waals surface area contributed by atoms with E-state index in [4.69, 9.17) is 16.7 Å². The van der Waals surface area contributed by atoms with Gasteiger partial charge < -0.3 is 10.0 Å². The highest BCUT2D eigenvalue weighted by Gasteiger charge is 2.23. The van der Waals surface area contributed by atoms with Gasteiger partial charge in [0.05, 0.1) is 0 Å². The number of halogens is 1. The van der Waals surface area contributed by atoms with Crippen molar-refractivity contribution in [2.45, 2.75) is 32.7 Å². The Morgan fingerprint density at radius 3 is 2.80 bits per heavy atom. The number of piperidine rings is 1. The van der Waals surface area contributed by atoms with E-state index >= 15 is 0 Å². The molecule has 0 bridgehead atoms. The SMILES string of the molecule is CC1CCN(c2ccc(/C=C/C(=O)O)c(Cl)c2)C(C)C1. The molecule has 1 aliphatic heterocycles. The summed E-state index contributed by atoms with van der Waals surface area (Å²) in [6, 6.07) is 6.33. The van der Waals surface area contributed by atoms with Gasteiger partial charge >= 0.3 is 5.97 Å². The Balaban J connectivity index is 2.18. The molecule has 1 aromatic carbocycles. The largest absolute Gasteiger partial charge is 0.478 e. The third-order valence-corrected chi connectivity index (χ3v) is 4.19. The van der Waals surface area contributed by atoms with Crippen molar-refractivity contribution in [1.82, 2.24) is 0 Å². The van der Waals surface area contributed by atoms with E-state index in [1.54, 1.807) is 0 Å². The van der Waals surface area contributed by atoms with E-state index in [9.17, 15) is 4.79 Å². The van der Waals surface area contributed by atoms with Crippen LogP contribution in [-0.2, 0) is 4.79 Å². The van der Waals surface area contributed by atoms with Gasteiger partial charge in [0.15, 0.2) is 0 Å². The van der Waals surface area contributed by atoms with Gasteiger partial charge in [-0.05, 0) is 49.5 Å². The lowest BCUT2D eigenvalue weighted by Gasteiger charge is -2.38. The number of carboxylic acids is 1. The van der Waals surface area contributed by atoms with Crippen LogP contribution < -0.4 is 4.90 Å². The van der Waals surface area contributed by atoms with E-state index in [1.807, 2.05) is 18.2 Å². The molecule has 0 radical (unpaired) electrons. The van der Waals surface area contributed by atoms with Crippen LogP contribution in [0.2, 0.25) is 5.02 Å². The first-order chi connectivity index (χ1) is 9.47. The Morgan fingerprint density at radius 1 is 1.45 bits per heavy atom. The van der Waals surface area contributed by atoms with Gasteiger partial charge in [-0.1, -0.05) is 24.6 Å². The summed E-state index contributed by atoms with van der Waals surface area (Å²) in [4.78, 5) is 12.9. The molecule has 2 rings (SSSR count). The fourth-order valence-corrected chi connectivity index (χ4v) is 3.02. The molecule has 108 valence electrons. The van der Waals surface area contributed by atoms with Gasteiger partial charge in [0.2, 0.25) is 0 Å². The average Bonchev–Trinajstić information content (AvgIpc) is 2.37. The lowest BCUT2D eigenvalue weighted by Crippen LogP contribution is -2.40. The van der Waals surface area contributed by atoms with E-state index in [2.05, 4.69) is 18.7 Å². The molecule has 20 heavy (non-hydrogen) atoms. The second kappa shape index (κ2) is 6.31. The molecule has 0 aromatic heterocycles. The molecule has 0 aliphatic carbocycles. The Kier molecular flexibility index (Phi) is 4.71. The van der Waals surface area contributed by atoms with Crippen molar-refractivity contribution >= 4 is 29.3 Å². The van der Waals surface area contributed by atoms with Crippen LogP contribution in [-0.4, -0.2) is 23.7 Å². The highest BCUT2D eigenvalue weighted by atomic mass is 35.5. The Bertz CT molecular complexity index is 527. The maximum absolute atomic E-state index is 10.5. The Morgan fingerprint density at radius 2 is 2.20 bits per heavy atom. The predicted molar refractivity (Wildman–Crippen MR) is 83.3 cm³/mol. The highest BCUT2D eigenvalue weighted by molar-refractivity contribution is 6.32. The van der Waals surface area contributed by atoms with Crippen LogP contribution in [0.1, 0.15) is 32.3 Å². The topological polar surface area (TPSA) is 40.5 Å². The fraction of sp³-hybridized carbons (Fsp3) is 0.438. The molecular weight excluding hydrogens is 274 g/mol. The maximum Gasteiger partial charge on any atom is 0.328 e. The van der Waals surface area contributed by atoms with Gasteiger partial charge in [-0.2, -0.15) is 0 Å². The first-order valence-corrected chi connectivity index (χ1v) is 7.32. The standard InChI is InChI=1S/C16H20ClNO2/c1-11-7-8-18(12(2)9-11)14-5-3-13(15(17)10-14)4-6-16(19)20/h3-6,10-12H,7-9H2,1-2H3,(H,19,20)/b6-4+. The van der Waals surface area contributed by atoms with Crippen molar-refractivity contribution < 1.29 is 9.90 Å². The average molecular weight is 294 g/mol. The molecule has 1 aliphatic rings. The number of aliphatic carboxylic acids is 1. The van der Waals surface area contributed by atoms with Crippen LogP contribution >= 0.6 is 11.6 Å². The van der Waals surface area contributed by atoms with Crippen molar-refractivity contribution in [1.29, 1.82) is 0 Å². The summed E-state index contributed by atoms with van der Waals surface area (Å²) in [5.41, 5.74) is 1.85. The summed E-state index contributed by atoms with van der Waals surface area (Å²) in [6.45, 7) is 5.57. The summed E-state index contributed by atoms with van der Waals surface area (Å²) >= 11 is 6.24. The molecule has 1 aromatic rings. The molecule has 2 unspecified atom stereocenters. The van der Waals surface area contributed by atoms with Crippen LogP contribution in [0.15, 0.2) is 24.3 Å².